The molecule has 3 aromatic rings. The topological polar surface area (TPSA) is 105 Å². The van der Waals surface area contributed by atoms with Gasteiger partial charge in [0.15, 0.2) is 0 Å². The Bertz CT molecular complexity index is 1150. The number of carbonyl (C=O) groups excluding carboxylic acids is 1. The molecule has 0 aliphatic carbocycles. The van der Waals surface area contributed by atoms with Crippen LogP contribution in [0.15, 0.2) is 41.5 Å². The molecule has 0 radical (unpaired) electrons. The number of anilines is 4. The van der Waals surface area contributed by atoms with E-state index in [9.17, 15) is 9.59 Å². The van der Waals surface area contributed by atoms with Crippen molar-refractivity contribution in [1.82, 2.24) is 19.5 Å². The number of carbonyl (C=O) groups is 1. The summed E-state index contributed by atoms with van der Waals surface area (Å²) in [7, 11) is 0. The molecule has 3 rings (SSSR count). The number of hydrogen-bond donors (Lipinski definition) is 2. The van der Waals surface area contributed by atoms with E-state index in [0.29, 0.717) is 22.9 Å². The first-order valence-electron chi connectivity index (χ1n) is 10.6. The second kappa shape index (κ2) is 10.0. The second-order valence-electron chi connectivity index (χ2n) is 7.50. The maximum Gasteiger partial charge on any atom is 0.256 e. The van der Waals surface area contributed by atoms with Gasteiger partial charge in [-0.2, -0.15) is 4.98 Å². The molecule has 9 nitrogen and oxygen atoms in total. The van der Waals surface area contributed by atoms with Crippen LogP contribution in [0.25, 0.3) is 0 Å². The molecule has 0 saturated heterocycles. The predicted octanol–water partition coefficient (Wildman–Crippen LogP) is 3.19. The number of aryl methyl sites for hydroxylation is 2. The molecular formula is C23H29N7O2. The molecule has 0 saturated carbocycles. The minimum absolute atomic E-state index is 0.0990. The monoisotopic (exact) mass is 435 g/mol. The van der Waals surface area contributed by atoms with Crippen LogP contribution in [0, 0.1) is 20.8 Å². The summed E-state index contributed by atoms with van der Waals surface area (Å²) in [5.41, 5.74) is 3.29. The molecule has 0 aliphatic heterocycles. The molecule has 0 atom stereocenters. The average Bonchev–Trinajstić information content (AvgIpc) is 2.76. The molecule has 0 aliphatic rings. The van der Waals surface area contributed by atoms with Crippen molar-refractivity contribution in [2.75, 3.05) is 28.6 Å². The van der Waals surface area contributed by atoms with Crippen LogP contribution in [0.5, 0.6) is 0 Å². The molecule has 32 heavy (non-hydrogen) atoms. The molecular weight excluding hydrogens is 406 g/mol. The lowest BCUT2D eigenvalue weighted by molar-refractivity contribution is -0.116. The van der Waals surface area contributed by atoms with Crippen molar-refractivity contribution >= 4 is 29.0 Å². The van der Waals surface area contributed by atoms with E-state index in [0.717, 1.165) is 30.3 Å². The Morgan fingerprint density at radius 3 is 2.34 bits per heavy atom. The number of nitrogens with zero attached hydrogens (tertiary/aromatic N) is 5. The van der Waals surface area contributed by atoms with Crippen molar-refractivity contribution in [2.45, 2.75) is 41.2 Å². The second-order valence-corrected chi connectivity index (χ2v) is 7.50. The molecule has 2 aromatic heterocycles. The third-order valence-corrected chi connectivity index (χ3v) is 5.18. The van der Waals surface area contributed by atoms with Crippen molar-refractivity contribution in [2.24, 2.45) is 0 Å². The first-order chi connectivity index (χ1) is 15.3. The molecule has 1 amide bonds. The highest BCUT2D eigenvalue weighted by atomic mass is 16.2. The van der Waals surface area contributed by atoms with Crippen LogP contribution in [0.4, 0.5) is 23.1 Å². The lowest BCUT2D eigenvalue weighted by Crippen LogP contribution is -2.29. The van der Waals surface area contributed by atoms with Gasteiger partial charge >= 0.3 is 0 Å². The largest absolute Gasteiger partial charge is 0.357 e. The highest BCUT2D eigenvalue weighted by Gasteiger charge is 2.10. The Balaban J connectivity index is 1.66. The fourth-order valence-corrected chi connectivity index (χ4v) is 3.23. The third-order valence-electron chi connectivity index (χ3n) is 5.18. The highest BCUT2D eigenvalue weighted by molar-refractivity contribution is 5.90. The quantitative estimate of drug-likeness (QED) is 0.560. The van der Waals surface area contributed by atoms with Crippen LogP contribution >= 0.6 is 0 Å². The normalized spacial score (nSPS) is 10.7. The molecule has 1 aromatic carbocycles. The summed E-state index contributed by atoms with van der Waals surface area (Å²) in [6.45, 7) is 11.2. The van der Waals surface area contributed by atoms with E-state index in [2.05, 4.69) is 44.3 Å². The van der Waals surface area contributed by atoms with Crippen LogP contribution in [-0.2, 0) is 11.3 Å². The van der Waals surface area contributed by atoms with Crippen LogP contribution in [-0.4, -0.2) is 38.5 Å². The van der Waals surface area contributed by atoms with Gasteiger partial charge in [0.2, 0.25) is 11.9 Å². The minimum atomic E-state index is -0.302. The number of aromatic nitrogens is 4. The van der Waals surface area contributed by atoms with E-state index < -0.39 is 0 Å². The van der Waals surface area contributed by atoms with Gasteiger partial charge < -0.3 is 15.5 Å². The first-order valence-corrected chi connectivity index (χ1v) is 10.6. The van der Waals surface area contributed by atoms with Gasteiger partial charge in [0.25, 0.3) is 5.56 Å². The number of amides is 1. The third kappa shape index (κ3) is 5.48. The number of rotatable bonds is 8. The summed E-state index contributed by atoms with van der Waals surface area (Å²) in [4.78, 5) is 40.0. The van der Waals surface area contributed by atoms with E-state index >= 15 is 0 Å². The summed E-state index contributed by atoms with van der Waals surface area (Å²) in [6.07, 6.45) is 1.39. The van der Waals surface area contributed by atoms with Gasteiger partial charge in [-0.3, -0.25) is 14.2 Å². The molecule has 0 fully saturated rings. The zero-order valence-electron chi connectivity index (χ0n) is 19.1. The van der Waals surface area contributed by atoms with Gasteiger partial charge in [0.05, 0.1) is 6.33 Å². The standard InChI is InChI=1S/C23H29N7O2/c1-6-29(7-2)20-12-15(3)25-23(28-20)27-19-10-8-18(9-11-19)26-21(31)13-30-14-24-17(5)16(4)22(30)32/h8-12,14H,6-7,13H2,1-5H3,(H,26,31)(H,25,27,28). The summed E-state index contributed by atoms with van der Waals surface area (Å²) in [5, 5.41) is 6.01. The Labute approximate surface area is 187 Å². The fourth-order valence-electron chi connectivity index (χ4n) is 3.23. The van der Waals surface area contributed by atoms with E-state index in [1.54, 1.807) is 26.0 Å². The molecule has 0 bridgehead atoms. The first kappa shape index (κ1) is 22.9. The van der Waals surface area contributed by atoms with Crippen LogP contribution in [0.1, 0.15) is 30.8 Å². The molecule has 0 spiro atoms. The van der Waals surface area contributed by atoms with Gasteiger partial charge in [-0.05, 0) is 58.9 Å². The number of benzene rings is 1. The van der Waals surface area contributed by atoms with E-state index in [4.69, 9.17) is 0 Å². The van der Waals surface area contributed by atoms with E-state index in [1.807, 2.05) is 25.1 Å². The van der Waals surface area contributed by atoms with Crippen LogP contribution in [0.2, 0.25) is 0 Å². The number of nitrogens with one attached hydrogen (secondary N) is 2. The van der Waals surface area contributed by atoms with Crippen molar-refractivity contribution < 1.29 is 4.79 Å². The average molecular weight is 436 g/mol. The predicted molar refractivity (Wildman–Crippen MR) is 127 cm³/mol. The molecule has 2 N–H and O–H groups in total. The summed E-state index contributed by atoms with van der Waals surface area (Å²) in [6, 6.07) is 9.20. The van der Waals surface area contributed by atoms with Crippen molar-refractivity contribution in [3.8, 4) is 0 Å². The Morgan fingerprint density at radius 1 is 1.03 bits per heavy atom. The van der Waals surface area contributed by atoms with Crippen LogP contribution in [0.3, 0.4) is 0 Å². The lowest BCUT2D eigenvalue weighted by Gasteiger charge is -2.20. The van der Waals surface area contributed by atoms with Gasteiger partial charge in [-0.15, -0.1) is 0 Å². The van der Waals surface area contributed by atoms with E-state index in [-0.39, 0.29) is 18.0 Å². The van der Waals surface area contributed by atoms with Gasteiger partial charge in [-0.1, -0.05) is 0 Å². The van der Waals surface area contributed by atoms with Crippen LogP contribution < -0.4 is 21.1 Å². The fraction of sp³-hybridized carbons (Fsp3) is 0.348. The maximum atomic E-state index is 12.4. The molecule has 9 heteroatoms. The summed E-state index contributed by atoms with van der Waals surface area (Å²) < 4.78 is 1.30. The smallest absolute Gasteiger partial charge is 0.256 e. The molecule has 168 valence electrons. The van der Waals surface area contributed by atoms with Crippen molar-refractivity contribution in [3.05, 3.63) is 64.0 Å². The Hall–Kier alpha value is -3.75. The zero-order valence-corrected chi connectivity index (χ0v) is 19.1. The molecule has 0 unspecified atom stereocenters. The van der Waals surface area contributed by atoms with Gasteiger partial charge in [-0.25, -0.2) is 9.97 Å². The summed E-state index contributed by atoms with van der Waals surface area (Å²) >= 11 is 0. The zero-order chi connectivity index (χ0) is 23.3. The SMILES string of the molecule is CCN(CC)c1cc(C)nc(Nc2ccc(NC(=O)Cn3cnc(C)c(C)c3=O)cc2)n1. The summed E-state index contributed by atoms with van der Waals surface area (Å²) in [5.74, 6) is 1.10. The highest BCUT2D eigenvalue weighted by Crippen LogP contribution is 2.20. The number of hydrogen-bond acceptors (Lipinski definition) is 7. The minimum Gasteiger partial charge on any atom is -0.357 e. The van der Waals surface area contributed by atoms with Crippen molar-refractivity contribution in [1.29, 1.82) is 0 Å². The van der Waals surface area contributed by atoms with E-state index in [1.165, 1.54) is 10.9 Å². The van der Waals surface area contributed by atoms with Gasteiger partial charge in [0.1, 0.15) is 12.4 Å². The van der Waals surface area contributed by atoms with Crippen molar-refractivity contribution in [3.63, 3.8) is 0 Å². The Morgan fingerprint density at radius 2 is 1.69 bits per heavy atom. The maximum absolute atomic E-state index is 12.4. The molecule has 2 heterocycles. The van der Waals surface area contributed by atoms with Gasteiger partial charge in [0, 0.05) is 47.5 Å². The Kier molecular flexibility index (Phi) is 7.19. The lowest BCUT2D eigenvalue weighted by atomic mass is 10.2.